The van der Waals surface area contributed by atoms with Crippen LogP contribution in [0.4, 0.5) is 0 Å². The third-order valence-electron chi connectivity index (χ3n) is 4.60. The summed E-state index contributed by atoms with van der Waals surface area (Å²) in [4.78, 5) is 12.1. The van der Waals surface area contributed by atoms with E-state index in [0.717, 1.165) is 22.3 Å². The molecule has 0 heterocycles. The zero-order valence-corrected chi connectivity index (χ0v) is 17.4. The summed E-state index contributed by atoms with van der Waals surface area (Å²) in [6, 6.07) is 21.9. The molecule has 0 radical (unpaired) electrons. The van der Waals surface area contributed by atoms with Gasteiger partial charge in [0.15, 0.2) is 6.61 Å². The lowest BCUT2D eigenvalue weighted by molar-refractivity contribution is -0.136. The molecule has 0 aliphatic carbocycles. The molecular formula is C25H20ClNO3. The van der Waals surface area contributed by atoms with E-state index in [1.165, 1.54) is 0 Å². The molecule has 0 bridgehead atoms. The summed E-state index contributed by atoms with van der Waals surface area (Å²) in [7, 11) is 0. The van der Waals surface area contributed by atoms with E-state index in [1.54, 1.807) is 54.6 Å². The van der Waals surface area contributed by atoms with Crippen molar-refractivity contribution in [2.75, 3.05) is 6.61 Å². The summed E-state index contributed by atoms with van der Waals surface area (Å²) in [6.07, 6.45) is 1.76. The molecule has 0 aliphatic rings. The van der Waals surface area contributed by atoms with Gasteiger partial charge in [-0.3, -0.25) is 0 Å². The van der Waals surface area contributed by atoms with E-state index in [9.17, 15) is 10.1 Å². The second kappa shape index (κ2) is 9.78. The fraction of sp³-hybridized carbons (Fsp3) is 0.120. The van der Waals surface area contributed by atoms with Crippen LogP contribution in [0.5, 0.6) is 11.5 Å². The van der Waals surface area contributed by atoms with Crippen LogP contribution in [0.25, 0.3) is 11.6 Å². The molecule has 5 heteroatoms. The van der Waals surface area contributed by atoms with E-state index in [0.29, 0.717) is 22.1 Å². The van der Waals surface area contributed by atoms with Gasteiger partial charge in [0.2, 0.25) is 0 Å². The zero-order chi connectivity index (χ0) is 21.5. The van der Waals surface area contributed by atoms with Crippen molar-refractivity contribution in [3.05, 3.63) is 94.0 Å². The van der Waals surface area contributed by atoms with E-state index in [1.807, 2.05) is 32.0 Å². The molecule has 0 aromatic heterocycles. The van der Waals surface area contributed by atoms with Crippen LogP contribution < -0.4 is 9.47 Å². The molecule has 30 heavy (non-hydrogen) atoms. The van der Waals surface area contributed by atoms with Crippen molar-refractivity contribution in [1.29, 1.82) is 5.26 Å². The molecule has 0 unspecified atom stereocenters. The Hall–Kier alpha value is -3.55. The maximum atomic E-state index is 12.1. The predicted octanol–water partition coefficient (Wildman–Crippen LogP) is 6.01. The first-order chi connectivity index (χ1) is 14.5. The standard InChI is InChI=1S/C25H20ClNO3/c1-17-4-3-5-24(18(17)2)29-16-25(28)30-23-12-6-19(7-13-23)14-21(15-27)20-8-10-22(26)11-9-20/h3-14H,16H2,1-2H3/b21-14-. The van der Waals surface area contributed by atoms with Crippen molar-refractivity contribution in [2.45, 2.75) is 13.8 Å². The molecule has 150 valence electrons. The Morgan fingerprint density at radius 3 is 2.40 bits per heavy atom. The monoisotopic (exact) mass is 417 g/mol. The van der Waals surface area contributed by atoms with E-state index in [2.05, 4.69) is 6.07 Å². The number of hydrogen-bond acceptors (Lipinski definition) is 4. The summed E-state index contributed by atoms with van der Waals surface area (Å²) in [5.41, 5.74) is 4.20. The minimum atomic E-state index is -0.488. The minimum Gasteiger partial charge on any atom is -0.482 e. The summed E-state index contributed by atoms with van der Waals surface area (Å²) >= 11 is 5.90. The van der Waals surface area contributed by atoms with Crippen LogP contribution in [0.15, 0.2) is 66.7 Å². The fourth-order valence-corrected chi connectivity index (χ4v) is 2.91. The number of halogens is 1. The average Bonchev–Trinajstić information content (AvgIpc) is 2.75. The summed E-state index contributed by atoms with van der Waals surface area (Å²) in [5.74, 6) is 0.587. The molecule has 4 nitrogen and oxygen atoms in total. The lowest BCUT2D eigenvalue weighted by Crippen LogP contribution is -2.18. The van der Waals surface area contributed by atoms with Gasteiger partial charge in [-0.15, -0.1) is 0 Å². The first kappa shape index (κ1) is 21.2. The van der Waals surface area contributed by atoms with Gasteiger partial charge in [-0.25, -0.2) is 4.79 Å². The molecule has 0 amide bonds. The van der Waals surface area contributed by atoms with Crippen LogP contribution in [0.1, 0.15) is 22.3 Å². The maximum Gasteiger partial charge on any atom is 0.349 e. The van der Waals surface area contributed by atoms with Gasteiger partial charge >= 0.3 is 5.97 Å². The fourth-order valence-electron chi connectivity index (χ4n) is 2.79. The molecule has 0 spiro atoms. The Kier molecular flexibility index (Phi) is 6.90. The van der Waals surface area contributed by atoms with Crippen molar-refractivity contribution in [3.8, 4) is 17.6 Å². The predicted molar refractivity (Wildman–Crippen MR) is 118 cm³/mol. The van der Waals surface area contributed by atoms with Gasteiger partial charge in [0, 0.05) is 5.02 Å². The Bertz CT molecular complexity index is 1110. The summed E-state index contributed by atoms with van der Waals surface area (Å²) in [6.45, 7) is 3.75. The van der Waals surface area contributed by atoms with Crippen LogP contribution in [-0.4, -0.2) is 12.6 Å². The van der Waals surface area contributed by atoms with Crippen molar-refractivity contribution in [1.82, 2.24) is 0 Å². The van der Waals surface area contributed by atoms with E-state index >= 15 is 0 Å². The second-order valence-electron chi connectivity index (χ2n) is 6.71. The van der Waals surface area contributed by atoms with Crippen LogP contribution in [-0.2, 0) is 4.79 Å². The number of hydrogen-bond donors (Lipinski definition) is 0. The van der Waals surface area contributed by atoms with Crippen LogP contribution >= 0.6 is 11.6 Å². The molecular weight excluding hydrogens is 398 g/mol. The molecule has 3 aromatic rings. The highest BCUT2D eigenvalue weighted by Crippen LogP contribution is 2.22. The Labute approximate surface area is 180 Å². The van der Waals surface area contributed by atoms with Gasteiger partial charge in [0.1, 0.15) is 11.5 Å². The minimum absolute atomic E-state index is 0.179. The average molecular weight is 418 g/mol. The van der Waals surface area contributed by atoms with Crippen LogP contribution in [0.3, 0.4) is 0 Å². The summed E-state index contributed by atoms with van der Waals surface area (Å²) < 4.78 is 10.9. The first-order valence-corrected chi connectivity index (χ1v) is 9.71. The normalized spacial score (nSPS) is 10.9. The topological polar surface area (TPSA) is 59.3 Å². The number of carbonyl (C=O) groups is 1. The van der Waals surface area contributed by atoms with Gasteiger partial charge in [0.05, 0.1) is 11.6 Å². The third-order valence-corrected chi connectivity index (χ3v) is 4.85. The SMILES string of the molecule is Cc1cccc(OCC(=O)Oc2ccc(/C=C(/C#N)c3ccc(Cl)cc3)cc2)c1C. The quantitative estimate of drug-likeness (QED) is 0.213. The van der Waals surface area contributed by atoms with Crippen LogP contribution in [0.2, 0.25) is 5.02 Å². The van der Waals surface area contributed by atoms with Gasteiger partial charge in [-0.05, 0) is 72.5 Å². The lowest BCUT2D eigenvalue weighted by atomic mass is 10.0. The summed E-state index contributed by atoms with van der Waals surface area (Å²) in [5, 5.41) is 10.1. The number of allylic oxidation sites excluding steroid dienone is 1. The van der Waals surface area contributed by atoms with Gasteiger partial charge < -0.3 is 9.47 Å². The molecule has 3 aromatic carbocycles. The molecule has 0 atom stereocenters. The van der Waals surface area contributed by atoms with Gasteiger partial charge in [-0.1, -0.05) is 48.0 Å². The zero-order valence-electron chi connectivity index (χ0n) is 16.7. The molecule has 0 fully saturated rings. The number of benzene rings is 3. The number of aryl methyl sites for hydroxylation is 1. The van der Waals surface area contributed by atoms with Crippen LogP contribution in [0, 0.1) is 25.2 Å². The smallest absolute Gasteiger partial charge is 0.349 e. The molecule has 0 saturated carbocycles. The van der Waals surface area contributed by atoms with E-state index < -0.39 is 5.97 Å². The first-order valence-electron chi connectivity index (χ1n) is 9.34. The number of ether oxygens (including phenoxy) is 2. The highest BCUT2D eigenvalue weighted by Gasteiger charge is 2.09. The highest BCUT2D eigenvalue weighted by molar-refractivity contribution is 6.30. The lowest BCUT2D eigenvalue weighted by Gasteiger charge is -2.10. The van der Waals surface area contributed by atoms with Gasteiger partial charge in [-0.2, -0.15) is 5.26 Å². The molecule has 0 N–H and O–H groups in total. The Morgan fingerprint density at radius 2 is 1.73 bits per heavy atom. The van der Waals surface area contributed by atoms with Gasteiger partial charge in [0.25, 0.3) is 0 Å². The van der Waals surface area contributed by atoms with Crippen molar-refractivity contribution in [2.24, 2.45) is 0 Å². The number of nitrogens with zero attached hydrogens (tertiary/aromatic N) is 1. The van der Waals surface area contributed by atoms with E-state index in [-0.39, 0.29) is 6.61 Å². The maximum absolute atomic E-state index is 12.1. The number of esters is 1. The number of rotatable bonds is 6. The number of nitriles is 1. The highest BCUT2D eigenvalue weighted by atomic mass is 35.5. The Morgan fingerprint density at radius 1 is 1.03 bits per heavy atom. The van der Waals surface area contributed by atoms with Crippen molar-refractivity contribution < 1.29 is 14.3 Å². The number of carbonyl (C=O) groups excluding carboxylic acids is 1. The van der Waals surface area contributed by atoms with E-state index in [4.69, 9.17) is 21.1 Å². The Balaban J connectivity index is 1.62. The van der Waals surface area contributed by atoms with Crippen molar-refractivity contribution in [3.63, 3.8) is 0 Å². The molecule has 0 saturated heterocycles. The molecule has 0 aliphatic heterocycles. The largest absolute Gasteiger partial charge is 0.482 e. The molecule has 3 rings (SSSR count). The van der Waals surface area contributed by atoms with Crippen molar-refractivity contribution >= 4 is 29.2 Å². The third kappa shape index (κ3) is 5.50. The second-order valence-corrected chi connectivity index (χ2v) is 7.14.